The summed E-state index contributed by atoms with van der Waals surface area (Å²) in [5, 5.41) is 14.9. The van der Waals surface area contributed by atoms with Crippen LogP contribution in [0, 0.1) is 6.92 Å². The van der Waals surface area contributed by atoms with E-state index in [-0.39, 0.29) is 11.2 Å². The van der Waals surface area contributed by atoms with Crippen molar-refractivity contribution in [2.75, 3.05) is 12.4 Å². The summed E-state index contributed by atoms with van der Waals surface area (Å²) >= 11 is 1.30. The minimum atomic E-state index is -0.368. The van der Waals surface area contributed by atoms with Crippen LogP contribution in [0.5, 0.6) is 5.75 Å². The molecule has 1 amide bonds. The van der Waals surface area contributed by atoms with Gasteiger partial charge in [-0.25, -0.2) is 0 Å². The minimum absolute atomic E-state index is 0.126. The third kappa shape index (κ3) is 4.20. The molecular weight excluding hydrogens is 350 g/mol. The van der Waals surface area contributed by atoms with Gasteiger partial charge in [-0.2, -0.15) is 4.68 Å². The summed E-state index contributed by atoms with van der Waals surface area (Å²) in [6.45, 7) is 3.84. The van der Waals surface area contributed by atoms with Crippen molar-refractivity contribution in [3.63, 3.8) is 0 Å². The van der Waals surface area contributed by atoms with Crippen molar-refractivity contribution in [1.82, 2.24) is 20.2 Å². The van der Waals surface area contributed by atoms with Gasteiger partial charge in [0.2, 0.25) is 11.1 Å². The van der Waals surface area contributed by atoms with Gasteiger partial charge in [0.25, 0.3) is 0 Å². The standard InChI is InChI=1S/C18H19N5O2S/c1-12-4-8-15(9-5-12)23-18(20-21-22-23)26-13(2)17(24)19-14-6-10-16(25-3)11-7-14/h4-11,13H,1-3H3,(H,19,24)/t13-/m1/s1. The molecule has 1 aromatic heterocycles. The van der Waals surface area contributed by atoms with E-state index in [0.29, 0.717) is 10.8 Å². The molecule has 0 saturated heterocycles. The summed E-state index contributed by atoms with van der Waals surface area (Å²) in [6, 6.07) is 15.1. The topological polar surface area (TPSA) is 81.9 Å². The molecule has 0 saturated carbocycles. The number of nitrogens with one attached hydrogen (secondary N) is 1. The summed E-state index contributed by atoms with van der Waals surface area (Å²) in [6.07, 6.45) is 0. The molecule has 0 fully saturated rings. The van der Waals surface area contributed by atoms with Gasteiger partial charge in [-0.15, -0.1) is 5.10 Å². The van der Waals surface area contributed by atoms with E-state index >= 15 is 0 Å². The van der Waals surface area contributed by atoms with E-state index in [1.165, 1.54) is 11.8 Å². The first-order chi connectivity index (χ1) is 12.6. The molecule has 2 aromatic carbocycles. The van der Waals surface area contributed by atoms with E-state index in [4.69, 9.17) is 4.74 Å². The summed E-state index contributed by atoms with van der Waals surface area (Å²) in [5.74, 6) is 0.612. The van der Waals surface area contributed by atoms with Gasteiger partial charge >= 0.3 is 0 Å². The Balaban J connectivity index is 1.67. The maximum atomic E-state index is 12.4. The molecule has 3 aromatic rings. The number of hydrogen-bond acceptors (Lipinski definition) is 6. The normalized spacial score (nSPS) is 11.8. The molecular formula is C18H19N5O2S. The van der Waals surface area contributed by atoms with E-state index in [9.17, 15) is 4.79 Å². The van der Waals surface area contributed by atoms with E-state index in [1.54, 1.807) is 36.1 Å². The number of aromatic nitrogens is 4. The Bertz CT molecular complexity index is 877. The van der Waals surface area contributed by atoms with Gasteiger partial charge in [-0.3, -0.25) is 4.79 Å². The summed E-state index contributed by atoms with van der Waals surface area (Å²) in [4.78, 5) is 12.4. The number of ether oxygens (including phenoxy) is 1. The van der Waals surface area contributed by atoms with Crippen molar-refractivity contribution in [1.29, 1.82) is 0 Å². The lowest BCUT2D eigenvalue weighted by molar-refractivity contribution is -0.115. The smallest absolute Gasteiger partial charge is 0.237 e. The molecule has 0 aliphatic carbocycles. The van der Waals surface area contributed by atoms with Crippen LogP contribution in [-0.4, -0.2) is 38.5 Å². The number of carbonyl (C=O) groups excluding carboxylic acids is 1. The largest absolute Gasteiger partial charge is 0.497 e. The summed E-state index contributed by atoms with van der Waals surface area (Å²) in [7, 11) is 1.60. The number of thioether (sulfide) groups is 1. The molecule has 1 heterocycles. The number of amides is 1. The van der Waals surface area contributed by atoms with Crippen LogP contribution in [0.1, 0.15) is 12.5 Å². The average Bonchev–Trinajstić information content (AvgIpc) is 3.11. The number of anilines is 1. The van der Waals surface area contributed by atoms with Gasteiger partial charge in [-0.1, -0.05) is 29.5 Å². The second-order valence-corrected chi connectivity index (χ2v) is 6.99. The third-order valence-electron chi connectivity index (χ3n) is 3.73. The van der Waals surface area contributed by atoms with Crippen LogP contribution in [0.2, 0.25) is 0 Å². The zero-order valence-corrected chi connectivity index (χ0v) is 15.5. The molecule has 1 N–H and O–H groups in total. The van der Waals surface area contributed by atoms with E-state index in [2.05, 4.69) is 20.8 Å². The van der Waals surface area contributed by atoms with Crippen molar-refractivity contribution >= 4 is 23.4 Å². The molecule has 0 bridgehead atoms. The number of nitrogens with zero attached hydrogens (tertiary/aromatic N) is 4. The molecule has 7 nitrogen and oxygen atoms in total. The predicted octanol–water partition coefficient (Wildman–Crippen LogP) is 3.10. The minimum Gasteiger partial charge on any atom is -0.497 e. The van der Waals surface area contributed by atoms with Gasteiger partial charge < -0.3 is 10.1 Å². The number of tetrazole rings is 1. The SMILES string of the molecule is COc1ccc(NC(=O)[C@@H](C)Sc2nnnn2-c2ccc(C)cc2)cc1. The van der Waals surface area contributed by atoms with Crippen LogP contribution in [-0.2, 0) is 4.79 Å². The third-order valence-corrected chi connectivity index (χ3v) is 4.76. The summed E-state index contributed by atoms with van der Waals surface area (Å²) < 4.78 is 6.74. The first-order valence-electron chi connectivity index (χ1n) is 8.04. The van der Waals surface area contributed by atoms with Gasteiger partial charge in [0.15, 0.2) is 0 Å². The Morgan fingerprint density at radius 2 is 1.85 bits per heavy atom. The lowest BCUT2D eigenvalue weighted by atomic mass is 10.2. The Kier molecular flexibility index (Phi) is 5.52. The fraction of sp³-hybridized carbons (Fsp3) is 0.222. The maximum absolute atomic E-state index is 12.4. The molecule has 0 unspecified atom stereocenters. The fourth-order valence-electron chi connectivity index (χ4n) is 2.23. The highest BCUT2D eigenvalue weighted by molar-refractivity contribution is 8.00. The van der Waals surface area contributed by atoms with Crippen molar-refractivity contribution in [2.24, 2.45) is 0 Å². The lowest BCUT2D eigenvalue weighted by Crippen LogP contribution is -2.22. The van der Waals surface area contributed by atoms with Crippen molar-refractivity contribution in [3.05, 3.63) is 54.1 Å². The van der Waals surface area contributed by atoms with Crippen LogP contribution in [0.3, 0.4) is 0 Å². The van der Waals surface area contributed by atoms with Crippen molar-refractivity contribution in [2.45, 2.75) is 24.3 Å². The molecule has 0 radical (unpaired) electrons. The van der Waals surface area contributed by atoms with Crippen LogP contribution in [0.25, 0.3) is 5.69 Å². The zero-order chi connectivity index (χ0) is 18.5. The highest BCUT2D eigenvalue weighted by atomic mass is 32.2. The van der Waals surface area contributed by atoms with Gasteiger partial charge in [0.05, 0.1) is 18.0 Å². The Morgan fingerprint density at radius 1 is 1.15 bits per heavy atom. The summed E-state index contributed by atoms with van der Waals surface area (Å²) in [5.41, 5.74) is 2.72. The molecule has 3 rings (SSSR count). The predicted molar refractivity (Wildman–Crippen MR) is 101 cm³/mol. The highest BCUT2D eigenvalue weighted by Crippen LogP contribution is 2.24. The molecule has 0 spiro atoms. The molecule has 8 heteroatoms. The van der Waals surface area contributed by atoms with Gasteiger partial charge in [-0.05, 0) is 60.7 Å². The zero-order valence-electron chi connectivity index (χ0n) is 14.7. The number of hydrogen-bond donors (Lipinski definition) is 1. The highest BCUT2D eigenvalue weighted by Gasteiger charge is 2.19. The first kappa shape index (κ1) is 17.9. The molecule has 1 atom stereocenters. The molecule has 26 heavy (non-hydrogen) atoms. The van der Waals surface area contributed by atoms with E-state index < -0.39 is 0 Å². The maximum Gasteiger partial charge on any atom is 0.237 e. The average molecular weight is 369 g/mol. The van der Waals surface area contributed by atoms with E-state index in [1.807, 2.05) is 38.1 Å². The van der Waals surface area contributed by atoms with Crippen LogP contribution >= 0.6 is 11.8 Å². The van der Waals surface area contributed by atoms with Crippen molar-refractivity contribution < 1.29 is 9.53 Å². The van der Waals surface area contributed by atoms with Gasteiger partial charge in [0.1, 0.15) is 5.75 Å². The second kappa shape index (κ2) is 8.01. The number of aryl methyl sites for hydroxylation is 1. The number of benzene rings is 2. The first-order valence-corrected chi connectivity index (χ1v) is 8.92. The Morgan fingerprint density at radius 3 is 2.50 bits per heavy atom. The van der Waals surface area contributed by atoms with Crippen LogP contribution in [0.15, 0.2) is 53.7 Å². The molecule has 0 aliphatic rings. The number of rotatable bonds is 6. The Hall–Kier alpha value is -2.87. The van der Waals surface area contributed by atoms with Crippen LogP contribution in [0.4, 0.5) is 5.69 Å². The van der Waals surface area contributed by atoms with E-state index in [0.717, 1.165) is 17.0 Å². The fourth-order valence-corrected chi connectivity index (χ4v) is 3.04. The number of carbonyl (C=O) groups is 1. The molecule has 134 valence electrons. The Labute approximate surface area is 155 Å². The van der Waals surface area contributed by atoms with Gasteiger partial charge in [0, 0.05) is 5.69 Å². The van der Waals surface area contributed by atoms with Crippen LogP contribution < -0.4 is 10.1 Å². The monoisotopic (exact) mass is 369 g/mol. The number of methoxy groups -OCH3 is 1. The molecule has 0 aliphatic heterocycles. The second-order valence-electron chi connectivity index (χ2n) is 5.69. The van der Waals surface area contributed by atoms with Crippen molar-refractivity contribution in [3.8, 4) is 11.4 Å². The lowest BCUT2D eigenvalue weighted by Gasteiger charge is -2.12. The quantitative estimate of drug-likeness (QED) is 0.673.